The van der Waals surface area contributed by atoms with Gasteiger partial charge in [0.25, 0.3) is 0 Å². The molecule has 1 heterocycles. The number of aliphatic carboxylic acids is 1. The second-order valence-corrected chi connectivity index (χ2v) is 5.52. The van der Waals surface area contributed by atoms with Crippen LogP contribution in [0.3, 0.4) is 0 Å². The van der Waals surface area contributed by atoms with Gasteiger partial charge in [0.2, 0.25) is 0 Å². The molecule has 0 spiro atoms. The maximum Gasteiger partial charge on any atom is 0.490 e. The zero-order valence-electron chi connectivity index (χ0n) is 12.8. The molecule has 3 nitrogen and oxygen atoms in total. The third-order valence-electron chi connectivity index (χ3n) is 3.50. The molecule has 1 aromatic rings. The van der Waals surface area contributed by atoms with E-state index < -0.39 is 23.9 Å². The Kier molecular flexibility index (Phi) is 6.65. The van der Waals surface area contributed by atoms with Gasteiger partial charge in [-0.1, -0.05) is 17.7 Å². The summed E-state index contributed by atoms with van der Waals surface area (Å²) in [7, 11) is 0. The van der Waals surface area contributed by atoms with Gasteiger partial charge in [0.1, 0.15) is 0 Å². The van der Waals surface area contributed by atoms with Crippen molar-refractivity contribution in [2.45, 2.75) is 32.1 Å². The number of rotatable bonds is 3. The summed E-state index contributed by atoms with van der Waals surface area (Å²) in [4.78, 5) is 8.90. The Labute approximate surface area is 134 Å². The molecule has 2 rings (SSSR count). The normalized spacial score (nSPS) is 15.3. The number of alkyl halides is 6. The number of benzene rings is 1. The van der Waals surface area contributed by atoms with Crippen molar-refractivity contribution in [1.29, 1.82) is 0 Å². The topological polar surface area (TPSA) is 49.3 Å². The Balaban J connectivity index is 0.000000351. The molecule has 0 radical (unpaired) electrons. The van der Waals surface area contributed by atoms with Crippen LogP contribution in [-0.2, 0) is 17.4 Å². The van der Waals surface area contributed by atoms with Crippen LogP contribution in [0, 0.1) is 12.8 Å². The van der Waals surface area contributed by atoms with Crippen molar-refractivity contribution in [3.05, 3.63) is 34.9 Å². The van der Waals surface area contributed by atoms with E-state index in [9.17, 15) is 26.3 Å². The Bertz CT molecular complexity index is 564. The fourth-order valence-electron chi connectivity index (χ4n) is 2.08. The summed E-state index contributed by atoms with van der Waals surface area (Å²) >= 11 is 0. The van der Waals surface area contributed by atoms with E-state index in [0.717, 1.165) is 19.5 Å². The van der Waals surface area contributed by atoms with Gasteiger partial charge in [-0.3, -0.25) is 0 Å². The van der Waals surface area contributed by atoms with Crippen LogP contribution in [0.5, 0.6) is 0 Å². The largest absolute Gasteiger partial charge is 0.490 e. The lowest BCUT2D eigenvalue weighted by atomic mass is 9.92. The molecule has 9 heteroatoms. The summed E-state index contributed by atoms with van der Waals surface area (Å²) in [5.74, 6) is -2.22. The van der Waals surface area contributed by atoms with Gasteiger partial charge in [-0.2, -0.15) is 26.3 Å². The Morgan fingerprint density at radius 1 is 1.21 bits per heavy atom. The maximum atomic E-state index is 12.8. The smallest absolute Gasteiger partial charge is 0.475 e. The summed E-state index contributed by atoms with van der Waals surface area (Å²) in [6.07, 6.45) is -7.97. The van der Waals surface area contributed by atoms with Gasteiger partial charge >= 0.3 is 18.3 Å². The molecule has 1 aliphatic heterocycles. The molecule has 0 aromatic heterocycles. The Morgan fingerprint density at radius 2 is 1.75 bits per heavy atom. The van der Waals surface area contributed by atoms with Crippen molar-refractivity contribution in [1.82, 2.24) is 5.32 Å². The zero-order valence-corrected chi connectivity index (χ0v) is 12.8. The van der Waals surface area contributed by atoms with E-state index in [1.807, 2.05) is 0 Å². The van der Waals surface area contributed by atoms with Crippen molar-refractivity contribution in [2.75, 3.05) is 13.1 Å². The maximum absolute atomic E-state index is 12.8. The summed E-state index contributed by atoms with van der Waals surface area (Å²) in [5.41, 5.74) is 0.617. The number of nitrogens with one attached hydrogen (secondary N) is 1. The van der Waals surface area contributed by atoms with E-state index in [2.05, 4.69) is 5.32 Å². The lowest BCUT2D eigenvalue weighted by Crippen LogP contribution is -2.42. The quantitative estimate of drug-likeness (QED) is 0.809. The van der Waals surface area contributed by atoms with Crippen molar-refractivity contribution < 1.29 is 36.2 Å². The highest BCUT2D eigenvalue weighted by molar-refractivity contribution is 5.73. The lowest BCUT2D eigenvalue weighted by Gasteiger charge is -2.27. The first-order valence-electron chi connectivity index (χ1n) is 7.09. The summed E-state index contributed by atoms with van der Waals surface area (Å²) in [5, 5.41) is 10.3. The van der Waals surface area contributed by atoms with Gasteiger partial charge in [0, 0.05) is 0 Å². The van der Waals surface area contributed by atoms with Crippen LogP contribution < -0.4 is 5.32 Å². The van der Waals surface area contributed by atoms with Gasteiger partial charge in [-0.05, 0) is 50.4 Å². The van der Waals surface area contributed by atoms with Crippen molar-refractivity contribution in [2.24, 2.45) is 5.92 Å². The van der Waals surface area contributed by atoms with Crippen molar-refractivity contribution >= 4 is 5.97 Å². The van der Waals surface area contributed by atoms with Crippen LogP contribution in [0.4, 0.5) is 26.3 Å². The summed E-state index contributed by atoms with van der Waals surface area (Å²) in [6, 6.07) is 4.61. The van der Waals surface area contributed by atoms with E-state index in [0.29, 0.717) is 23.5 Å². The molecule has 136 valence electrons. The molecule has 0 aliphatic carbocycles. The van der Waals surface area contributed by atoms with Gasteiger partial charge in [-0.25, -0.2) is 4.79 Å². The average Bonchev–Trinajstić information content (AvgIpc) is 2.37. The van der Waals surface area contributed by atoms with Crippen LogP contribution in [0.15, 0.2) is 18.2 Å². The van der Waals surface area contributed by atoms with Gasteiger partial charge < -0.3 is 10.4 Å². The summed E-state index contributed by atoms with van der Waals surface area (Å²) < 4.78 is 70.2. The third kappa shape index (κ3) is 6.38. The zero-order chi connectivity index (χ0) is 18.5. The average molecular weight is 357 g/mol. The number of carbonyl (C=O) groups is 1. The van der Waals surface area contributed by atoms with Crippen LogP contribution in [0.25, 0.3) is 0 Å². The molecule has 0 amide bonds. The van der Waals surface area contributed by atoms with Gasteiger partial charge in [-0.15, -0.1) is 0 Å². The minimum Gasteiger partial charge on any atom is -0.475 e. The van der Waals surface area contributed by atoms with Gasteiger partial charge in [0.05, 0.1) is 5.56 Å². The highest BCUT2D eigenvalue weighted by atomic mass is 19.4. The Hall–Kier alpha value is -1.77. The van der Waals surface area contributed by atoms with E-state index in [1.54, 1.807) is 19.1 Å². The van der Waals surface area contributed by atoms with E-state index in [-0.39, 0.29) is 0 Å². The molecule has 0 bridgehead atoms. The second kappa shape index (κ2) is 7.87. The van der Waals surface area contributed by atoms with E-state index in [4.69, 9.17) is 9.90 Å². The first-order valence-corrected chi connectivity index (χ1v) is 7.09. The lowest BCUT2D eigenvalue weighted by molar-refractivity contribution is -0.192. The standard InChI is InChI=1S/C13H16F3N.C2HF3O2/c1-9-2-4-11(5-3-10-7-17-8-10)12(6-9)13(14,15)16;3-2(4,5)1(6)7/h2,4,6,10,17H,3,5,7-8H2,1H3;(H,6,7). The molecule has 0 saturated carbocycles. The number of halogens is 6. The number of hydrogen-bond donors (Lipinski definition) is 2. The van der Waals surface area contributed by atoms with Crippen molar-refractivity contribution in [3.8, 4) is 0 Å². The number of carboxylic acid groups (broad SMARTS) is 1. The SMILES string of the molecule is Cc1ccc(CCC2CNC2)c(C(F)(F)F)c1.O=C(O)C(F)(F)F. The fraction of sp³-hybridized carbons (Fsp3) is 0.533. The second-order valence-electron chi connectivity index (χ2n) is 5.52. The van der Waals surface area contributed by atoms with E-state index in [1.165, 1.54) is 6.07 Å². The van der Waals surface area contributed by atoms with Crippen molar-refractivity contribution in [3.63, 3.8) is 0 Å². The molecule has 1 fully saturated rings. The fourth-order valence-corrected chi connectivity index (χ4v) is 2.08. The minimum atomic E-state index is -5.08. The van der Waals surface area contributed by atoms with Gasteiger partial charge in [0.15, 0.2) is 0 Å². The minimum absolute atomic E-state index is 0.426. The number of carboxylic acids is 1. The third-order valence-corrected chi connectivity index (χ3v) is 3.50. The molecule has 2 N–H and O–H groups in total. The predicted octanol–water partition coefficient (Wildman–Crippen LogP) is 3.80. The van der Waals surface area contributed by atoms with Crippen LogP contribution in [-0.4, -0.2) is 30.3 Å². The van der Waals surface area contributed by atoms with E-state index >= 15 is 0 Å². The predicted molar refractivity (Wildman–Crippen MR) is 74.6 cm³/mol. The molecular formula is C15H17F6NO2. The van der Waals surface area contributed by atoms with Crippen LogP contribution in [0.1, 0.15) is 23.1 Å². The molecule has 24 heavy (non-hydrogen) atoms. The molecule has 0 atom stereocenters. The monoisotopic (exact) mass is 357 g/mol. The number of aryl methyl sites for hydroxylation is 2. The molecule has 0 unspecified atom stereocenters. The highest BCUT2D eigenvalue weighted by Gasteiger charge is 2.38. The first-order chi connectivity index (χ1) is 10.9. The Morgan fingerprint density at radius 3 is 2.12 bits per heavy atom. The first kappa shape index (κ1) is 20.3. The van der Waals surface area contributed by atoms with Crippen LogP contribution in [0.2, 0.25) is 0 Å². The summed E-state index contributed by atoms with van der Waals surface area (Å²) in [6.45, 7) is 3.56. The molecule has 1 aliphatic rings. The highest BCUT2D eigenvalue weighted by Crippen LogP contribution is 2.33. The molecule has 1 saturated heterocycles. The molecular weight excluding hydrogens is 340 g/mol. The van der Waals surface area contributed by atoms with Crippen LogP contribution >= 0.6 is 0 Å². The molecule has 1 aromatic carbocycles. The number of hydrogen-bond acceptors (Lipinski definition) is 2.